The molecule has 2 heterocycles. The summed E-state index contributed by atoms with van der Waals surface area (Å²) in [5.74, 6) is 0.412. The summed E-state index contributed by atoms with van der Waals surface area (Å²) in [4.78, 5) is 18.2. The summed E-state index contributed by atoms with van der Waals surface area (Å²) >= 11 is 0. The van der Waals surface area contributed by atoms with Gasteiger partial charge in [-0.05, 0) is 50.2 Å². The van der Waals surface area contributed by atoms with Crippen LogP contribution in [-0.4, -0.2) is 42.0 Å². The molecule has 1 unspecified atom stereocenters. The molecule has 160 valence electrons. The molecule has 5 nitrogen and oxygen atoms in total. The first kappa shape index (κ1) is 25.0. The number of benzene rings is 1. The van der Waals surface area contributed by atoms with Gasteiger partial charge >= 0.3 is 6.18 Å². The molecule has 1 aromatic heterocycles. The molecule has 0 spiro atoms. The third-order valence-electron chi connectivity index (χ3n) is 4.47. The summed E-state index contributed by atoms with van der Waals surface area (Å²) in [7, 11) is 1.86. The predicted octanol–water partition coefficient (Wildman–Crippen LogP) is 4.56. The van der Waals surface area contributed by atoms with Gasteiger partial charge in [0.25, 0.3) is 5.91 Å². The van der Waals surface area contributed by atoms with E-state index < -0.39 is 11.7 Å². The molecule has 10 heteroatoms. The molecule has 3 rings (SSSR count). The van der Waals surface area contributed by atoms with Gasteiger partial charge in [0.05, 0.1) is 5.56 Å². The van der Waals surface area contributed by atoms with Crippen LogP contribution in [0, 0.1) is 0 Å². The maximum Gasteiger partial charge on any atom is 0.417 e. The van der Waals surface area contributed by atoms with E-state index >= 15 is 0 Å². The molecule has 1 atom stereocenters. The van der Waals surface area contributed by atoms with Crippen LogP contribution in [0.15, 0.2) is 42.6 Å². The molecule has 1 aliphatic rings. The Bertz CT molecular complexity index is 787. The van der Waals surface area contributed by atoms with E-state index in [1.54, 1.807) is 24.3 Å². The minimum Gasteiger partial charge on any atom is -0.439 e. The number of carbonyl (C=O) groups is 1. The fourth-order valence-corrected chi connectivity index (χ4v) is 3.11. The first-order valence-corrected chi connectivity index (χ1v) is 8.65. The fourth-order valence-electron chi connectivity index (χ4n) is 3.11. The summed E-state index contributed by atoms with van der Waals surface area (Å²) < 4.78 is 43.1. The van der Waals surface area contributed by atoms with Crippen LogP contribution in [-0.2, 0) is 6.18 Å². The van der Waals surface area contributed by atoms with Gasteiger partial charge in [0.2, 0.25) is 5.88 Å². The van der Waals surface area contributed by atoms with Gasteiger partial charge in [-0.2, -0.15) is 13.2 Å². The predicted molar refractivity (Wildman–Crippen MR) is 108 cm³/mol. The standard InChI is InChI=1S/C19H20F3N3O2.2ClH/c1-23-12-15-3-2-10-25(15)18(26)13-4-7-16(8-5-13)27-17-9-6-14(11-24-17)19(20,21)22;;/h4-9,11,15,23H,2-3,10,12H2,1H3;2*1H. The summed E-state index contributed by atoms with van der Waals surface area (Å²) in [6.07, 6.45) is -1.75. The molecule has 1 aliphatic heterocycles. The van der Waals surface area contributed by atoms with Crippen LogP contribution in [0.25, 0.3) is 0 Å². The average Bonchev–Trinajstić information content (AvgIpc) is 3.10. The van der Waals surface area contributed by atoms with Crippen molar-refractivity contribution in [1.82, 2.24) is 15.2 Å². The lowest BCUT2D eigenvalue weighted by Gasteiger charge is -2.24. The van der Waals surface area contributed by atoms with Gasteiger partial charge in [0.15, 0.2) is 0 Å². The minimum absolute atomic E-state index is 0. The lowest BCUT2D eigenvalue weighted by molar-refractivity contribution is -0.137. The molecular formula is C19H22Cl2F3N3O2. The van der Waals surface area contributed by atoms with Crippen LogP contribution in [0.4, 0.5) is 13.2 Å². The Balaban J connectivity index is 0.00000210. The molecule has 1 N–H and O–H groups in total. The second kappa shape index (κ2) is 10.7. The van der Waals surface area contributed by atoms with Crippen molar-refractivity contribution in [3.8, 4) is 11.6 Å². The van der Waals surface area contributed by atoms with Crippen molar-refractivity contribution >= 4 is 30.7 Å². The Morgan fingerprint density at radius 2 is 1.90 bits per heavy atom. The Morgan fingerprint density at radius 1 is 1.21 bits per heavy atom. The summed E-state index contributed by atoms with van der Waals surface area (Å²) in [5.41, 5.74) is -0.289. The van der Waals surface area contributed by atoms with E-state index in [9.17, 15) is 18.0 Å². The van der Waals surface area contributed by atoms with Crippen LogP contribution >= 0.6 is 24.8 Å². The third kappa shape index (κ3) is 6.22. The van der Waals surface area contributed by atoms with Gasteiger partial charge in [-0.25, -0.2) is 4.98 Å². The van der Waals surface area contributed by atoms with Gasteiger partial charge in [0.1, 0.15) is 5.75 Å². The van der Waals surface area contributed by atoms with E-state index in [4.69, 9.17) is 4.74 Å². The summed E-state index contributed by atoms with van der Waals surface area (Å²) in [6, 6.07) is 8.78. The van der Waals surface area contributed by atoms with Gasteiger partial charge in [-0.1, -0.05) is 0 Å². The summed E-state index contributed by atoms with van der Waals surface area (Å²) in [6.45, 7) is 1.49. The lowest BCUT2D eigenvalue weighted by Crippen LogP contribution is -2.40. The van der Waals surface area contributed by atoms with Crippen molar-refractivity contribution in [1.29, 1.82) is 0 Å². The molecule has 0 radical (unpaired) electrons. The number of aromatic nitrogens is 1. The quantitative estimate of drug-likeness (QED) is 0.723. The Morgan fingerprint density at radius 3 is 2.45 bits per heavy atom. The highest BCUT2D eigenvalue weighted by molar-refractivity contribution is 5.94. The van der Waals surface area contributed by atoms with Crippen molar-refractivity contribution in [3.05, 3.63) is 53.7 Å². The highest BCUT2D eigenvalue weighted by atomic mass is 35.5. The molecule has 0 bridgehead atoms. The van der Waals surface area contributed by atoms with E-state index in [1.807, 2.05) is 11.9 Å². The number of pyridine rings is 1. The SMILES string of the molecule is CNCC1CCCN1C(=O)c1ccc(Oc2ccc(C(F)(F)F)cn2)cc1.Cl.Cl. The molecule has 29 heavy (non-hydrogen) atoms. The first-order valence-electron chi connectivity index (χ1n) is 8.65. The van der Waals surface area contributed by atoms with Crippen molar-refractivity contribution in [3.63, 3.8) is 0 Å². The number of alkyl halides is 3. The van der Waals surface area contributed by atoms with Crippen LogP contribution in [0.1, 0.15) is 28.8 Å². The normalized spacial score (nSPS) is 16.0. The van der Waals surface area contributed by atoms with Gasteiger partial charge in [-0.15, -0.1) is 24.8 Å². The van der Waals surface area contributed by atoms with Crippen molar-refractivity contribution in [2.45, 2.75) is 25.1 Å². The minimum atomic E-state index is -4.44. The number of ether oxygens (including phenoxy) is 1. The smallest absolute Gasteiger partial charge is 0.417 e. The summed E-state index contributed by atoms with van der Waals surface area (Å²) in [5, 5.41) is 3.10. The molecule has 1 amide bonds. The Kier molecular flexibility index (Phi) is 9.19. The zero-order valence-electron chi connectivity index (χ0n) is 15.6. The molecule has 0 saturated carbocycles. The zero-order chi connectivity index (χ0) is 19.4. The van der Waals surface area contributed by atoms with E-state index in [0.29, 0.717) is 11.3 Å². The highest BCUT2D eigenvalue weighted by Crippen LogP contribution is 2.30. The molecule has 1 fully saturated rings. The number of halogens is 5. The lowest BCUT2D eigenvalue weighted by atomic mass is 10.1. The number of carbonyl (C=O) groups excluding carboxylic acids is 1. The molecule has 0 aliphatic carbocycles. The van der Waals surface area contributed by atoms with Crippen LogP contribution in [0.2, 0.25) is 0 Å². The van der Waals surface area contributed by atoms with Gasteiger partial charge in [-0.3, -0.25) is 4.79 Å². The van der Waals surface area contributed by atoms with Crippen LogP contribution in [0.5, 0.6) is 11.6 Å². The van der Waals surface area contributed by atoms with E-state index in [-0.39, 0.29) is 42.6 Å². The van der Waals surface area contributed by atoms with E-state index in [2.05, 4.69) is 10.3 Å². The Hall–Kier alpha value is -2.03. The average molecular weight is 452 g/mol. The van der Waals surface area contributed by atoms with E-state index in [1.165, 1.54) is 0 Å². The third-order valence-corrected chi connectivity index (χ3v) is 4.47. The maximum atomic E-state index is 12.7. The van der Waals surface area contributed by atoms with E-state index in [0.717, 1.165) is 44.3 Å². The maximum absolute atomic E-state index is 12.7. The van der Waals surface area contributed by atoms with Crippen molar-refractivity contribution in [2.75, 3.05) is 20.1 Å². The monoisotopic (exact) mass is 451 g/mol. The van der Waals surface area contributed by atoms with Crippen molar-refractivity contribution < 1.29 is 22.7 Å². The molecule has 1 aromatic carbocycles. The number of likely N-dealkylation sites (N-methyl/N-ethyl adjacent to an activating group) is 1. The number of hydrogen-bond acceptors (Lipinski definition) is 4. The van der Waals surface area contributed by atoms with Crippen molar-refractivity contribution in [2.24, 2.45) is 0 Å². The zero-order valence-corrected chi connectivity index (χ0v) is 17.2. The Labute approximate surface area is 179 Å². The first-order chi connectivity index (χ1) is 12.9. The van der Waals surface area contributed by atoms with Gasteiger partial charge in [0, 0.05) is 37.0 Å². The number of rotatable bonds is 5. The highest BCUT2D eigenvalue weighted by Gasteiger charge is 2.31. The number of nitrogens with one attached hydrogen (secondary N) is 1. The number of hydrogen-bond donors (Lipinski definition) is 1. The second-order valence-electron chi connectivity index (χ2n) is 6.36. The van der Waals surface area contributed by atoms with Crippen LogP contribution < -0.4 is 10.1 Å². The topological polar surface area (TPSA) is 54.5 Å². The molecular weight excluding hydrogens is 430 g/mol. The van der Waals surface area contributed by atoms with Gasteiger partial charge < -0.3 is 15.0 Å². The largest absolute Gasteiger partial charge is 0.439 e. The molecule has 2 aromatic rings. The number of nitrogens with zero attached hydrogens (tertiary/aromatic N) is 2. The van der Waals surface area contributed by atoms with Crippen LogP contribution in [0.3, 0.4) is 0 Å². The molecule has 1 saturated heterocycles. The number of amides is 1. The fraction of sp³-hybridized carbons (Fsp3) is 0.368. The number of likely N-dealkylation sites (tertiary alicyclic amines) is 1. The second-order valence-corrected chi connectivity index (χ2v) is 6.36.